The van der Waals surface area contributed by atoms with Crippen LogP contribution in [0.25, 0.3) is 0 Å². The maximum atomic E-state index is 12.5. The first kappa shape index (κ1) is 36.9. The number of carboxylic acids is 1. The molecule has 0 saturated carbocycles. The van der Waals surface area contributed by atoms with Gasteiger partial charge in [0.2, 0.25) is 0 Å². The second-order valence-electron chi connectivity index (χ2n) is 11.7. The van der Waals surface area contributed by atoms with Gasteiger partial charge in [-0.3, -0.25) is 9.59 Å². The molecule has 38 heavy (non-hydrogen) atoms. The minimum atomic E-state index is -0.681. The van der Waals surface area contributed by atoms with Crippen LogP contribution in [0.1, 0.15) is 200 Å². The third-order valence-corrected chi connectivity index (χ3v) is 7.83. The van der Waals surface area contributed by atoms with Crippen LogP contribution in [0.5, 0.6) is 0 Å². The van der Waals surface area contributed by atoms with Crippen molar-refractivity contribution in [2.75, 3.05) is 0 Å². The van der Waals surface area contributed by atoms with Gasteiger partial charge >= 0.3 is 11.9 Å². The molecule has 0 aromatic heterocycles. The average molecular weight is 539 g/mol. The Morgan fingerprint density at radius 2 is 0.789 bits per heavy atom. The fourth-order valence-corrected chi connectivity index (χ4v) is 5.30. The highest BCUT2D eigenvalue weighted by Crippen LogP contribution is 2.18. The van der Waals surface area contributed by atoms with Crippen molar-refractivity contribution >= 4 is 11.9 Å². The molecule has 0 aromatic carbocycles. The lowest BCUT2D eigenvalue weighted by atomic mass is 10.0. The molecule has 0 fully saturated rings. The molecule has 0 heterocycles. The molecule has 0 unspecified atom stereocenters. The van der Waals surface area contributed by atoms with Crippen LogP contribution in [0.15, 0.2) is 0 Å². The van der Waals surface area contributed by atoms with Crippen molar-refractivity contribution in [3.63, 3.8) is 0 Å². The predicted octanol–water partition coefficient (Wildman–Crippen LogP) is 11.3. The van der Waals surface area contributed by atoms with Gasteiger partial charge in [-0.15, -0.1) is 0 Å². The second kappa shape index (κ2) is 30.5. The lowest BCUT2D eigenvalue weighted by molar-refractivity contribution is -0.150. The number of carbonyl (C=O) groups excluding carboxylic acids is 1. The molecule has 0 aliphatic carbocycles. The van der Waals surface area contributed by atoms with Crippen molar-refractivity contribution in [3.05, 3.63) is 0 Å². The van der Waals surface area contributed by atoms with Gasteiger partial charge in [-0.2, -0.15) is 0 Å². The summed E-state index contributed by atoms with van der Waals surface area (Å²) < 4.78 is 5.94. The van der Waals surface area contributed by atoms with E-state index in [1.807, 2.05) is 0 Å². The Bertz CT molecular complexity index is 505. The van der Waals surface area contributed by atoms with Gasteiger partial charge in [0.1, 0.15) is 6.10 Å². The number of hydrogen-bond donors (Lipinski definition) is 1. The number of esters is 1. The smallest absolute Gasteiger partial charge is 0.306 e. The molecule has 1 atom stereocenters. The standard InChI is InChI=1S/C34H66O4/c1-3-5-7-9-10-11-12-13-14-15-20-23-27-31-34(37)38-32(28-24-8-6-4-2)29-25-21-18-16-17-19-22-26-30-33(35)36/h32H,3-31H2,1-2H3,(H,35,36)/t32-/m1/s1. The average Bonchev–Trinajstić information content (AvgIpc) is 2.90. The van der Waals surface area contributed by atoms with Gasteiger partial charge in [-0.1, -0.05) is 149 Å². The fourth-order valence-electron chi connectivity index (χ4n) is 5.30. The monoisotopic (exact) mass is 538 g/mol. The molecule has 0 amide bonds. The molecule has 0 saturated heterocycles. The van der Waals surface area contributed by atoms with E-state index in [-0.39, 0.29) is 12.1 Å². The van der Waals surface area contributed by atoms with Crippen LogP contribution in [-0.2, 0) is 14.3 Å². The summed E-state index contributed by atoms with van der Waals surface area (Å²) in [6, 6.07) is 0. The van der Waals surface area contributed by atoms with Crippen molar-refractivity contribution in [1.82, 2.24) is 0 Å². The first-order valence-corrected chi connectivity index (χ1v) is 17.0. The van der Waals surface area contributed by atoms with Crippen molar-refractivity contribution in [3.8, 4) is 0 Å². The van der Waals surface area contributed by atoms with Crippen molar-refractivity contribution in [1.29, 1.82) is 0 Å². The number of aliphatic carboxylic acids is 1. The van der Waals surface area contributed by atoms with Crippen LogP contribution in [0.3, 0.4) is 0 Å². The van der Waals surface area contributed by atoms with Crippen molar-refractivity contribution < 1.29 is 19.4 Å². The quantitative estimate of drug-likeness (QED) is 0.0704. The van der Waals surface area contributed by atoms with Gasteiger partial charge in [-0.05, 0) is 38.5 Å². The summed E-state index contributed by atoms with van der Waals surface area (Å²) in [7, 11) is 0. The van der Waals surface area contributed by atoms with E-state index in [1.54, 1.807) is 0 Å². The summed E-state index contributed by atoms with van der Waals surface area (Å²) in [5, 5.41) is 8.69. The van der Waals surface area contributed by atoms with E-state index in [0.717, 1.165) is 51.4 Å². The second-order valence-corrected chi connectivity index (χ2v) is 11.7. The highest BCUT2D eigenvalue weighted by molar-refractivity contribution is 5.69. The third kappa shape index (κ3) is 29.5. The number of carboxylic acid groups (broad SMARTS) is 1. The van der Waals surface area contributed by atoms with Gasteiger partial charge in [0.05, 0.1) is 0 Å². The highest BCUT2D eigenvalue weighted by Gasteiger charge is 2.14. The Morgan fingerprint density at radius 1 is 0.474 bits per heavy atom. The van der Waals surface area contributed by atoms with E-state index < -0.39 is 5.97 Å². The Balaban J connectivity index is 3.81. The zero-order valence-corrected chi connectivity index (χ0v) is 25.8. The predicted molar refractivity (Wildman–Crippen MR) is 163 cm³/mol. The molecule has 0 aromatic rings. The first-order valence-electron chi connectivity index (χ1n) is 17.0. The minimum Gasteiger partial charge on any atom is -0.481 e. The Morgan fingerprint density at radius 3 is 1.18 bits per heavy atom. The zero-order valence-electron chi connectivity index (χ0n) is 25.8. The van der Waals surface area contributed by atoms with E-state index in [0.29, 0.717) is 12.8 Å². The van der Waals surface area contributed by atoms with Crippen LogP contribution in [0.2, 0.25) is 0 Å². The van der Waals surface area contributed by atoms with Crippen LogP contribution in [-0.4, -0.2) is 23.1 Å². The third-order valence-electron chi connectivity index (χ3n) is 7.83. The Hall–Kier alpha value is -1.06. The van der Waals surface area contributed by atoms with E-state index in [2.05, 4.69) is 13.8 Å². The van der Waals surface area contributed by atoms with E-state index >= 15 is 0 Å². The van der Waals surface area contributed by atoms with Crippen molar-refractivity contribution in [2.24, 2.45) is 0 Å². The molecule has 0 aliphatic rings. The summed E-state index contributed by atoms with van der Waals surface area (Å²) in [6.45, 7) is 4.51. The van der Waals surface area contributed by atoms with Gasteiger partial charge in [0.15, 0.2) is 0 Å². The molecule has 1 N–H and O–H groups in total. The number of ether oxygens (including phenoxy) is 1. The summed E-state index contributed by atoms with van der Waals surface area (Å²) in [5.41, 5.74) is 0. The topological polar surface area (TPSA) is 63.6 Å². The van der Waals surface area contributed by atoms with Gasteiger partial charge < -0.3 is 9.84 Å². The number of carbonyl (C=O) groups is 2. The summed E-state index contributed by atoms with van der Waals surface area (Å²) in [6.07, 6.45) is 34.1. The van der Waals surface area contributed by atoms with E-state index in [4.69, 9.17) is 9.84 Å². The molecule has 0 bridgehead atoms. The highest BCUT2D eigenvalue weighted by atomic mass is 16.5. The van der Waals surface area contributed by atoms with Gasteiger partial charge in [0.25, 0.3) is 0 Å². The van der Waals surface area contributed by atoms with Crippen LogP contribution < -0.4 is 0 Å². The molecule has 4 nitrogen and oxygen atoms in total. The largest absolute Gasteiger partial charge is 0.481 e. The van der Waals surface area contributed by atoms with E-state index in [1.165, 1.54) is 122 Å². The van der Waals surface area contributed by atoms with E-state index in [9.17, 15) is 9.59 Å². The number of unbranched alkanes of at least 4 members (excludes halogenated alkanes) is 22. The molecular formula is C34H66O4. The molecule has 0 spiro atoms. The normalized spacial score (nSPS) is 12.1. The summed E-state index contributed by atoms with van der Waals surface area (Å²) in [4.78, 5) is 23.0. The molecule has 0 rings (SSSR count). The number of rotatable bonds is 31. The lowest BCUT2D eigenvalue weighted by Crippen LogP contribution is -2.18. The lowest BCUT2D eigenvalue weighted by Gasteiger charge is -2.18. The van der Waals surface area contributed by atoms with Crippen molar-refractivity contribution in [2.45, 2.75) is 206 Å². The van der Waals surface area contributed by atoms with Crippen LogP contribution >= 0.6 is 0 Å². The molecule has 0 radical (unpaired) electrons. The fraction of sp³-hybridized carbons (Fsp3) is 0.941. The SMILES string of the molecule is CCCCCCCCCCCCCCCC(=O)O[C@H](CCCCCC)CCCCCCCCCCC(=O)O. The van der Waals surface area contributed by atoms with Gasteiger partial charge in [-0.25, -0.2) is 0 Å². The molecular weight excluding hydrogens is 472 g/mol. The summed E-state index contributed by atoms with van der Waals surface area (Å²) in [5.74, 6) is -0.658. The minimum absolute atomic E-state index is 0.0231. The first-order chi connectivity index (χ1) is 18.6. The zero-order chi connectivity index (χ0) is 27.9. The van der Waals surface area contributed by atoms with Crippen LogP contribution in [0.4, 0.5) is 0 Å². The summed E-state index contributed by atoms with van der Waals surface area (Å²) >= 11 is 0. The molecule has 226 valence electrons. The Kier molecular flexibility index (Phi) is 29.6. The molecule has 0 aliphatic heterocycles. The van der Waals surface area contributed by atoms with Crippen LogP contribution in [0, 0.1) is 0 Å². The maximum Gasteiger partial charge on any atom is 0.306 e. The molecule has 4 heteroatoms. The van der Waals surface area contributed by atoms with Gasteiger partial charge in [0, 0.05) is 12.8 Å². The Labute approximate surface area is 237 Å². The maximum absolute atomic E-state index is 12.5. The number of hydrogen-bond acceptors (Lipinski definition) is 3.